The van der Waals surface area contributed by atoms with Crippen molar-refractivity contribution >= 4 is 35.1 Å². The van der Waals surface area contributed by atoms with E-state index >= 15 is 0 Å². The Balaban J connectivity index is 2.97. The van der Waals surface area contributed by atoms with Crippen LogP contribution in [0.4, 0.5) is 0 Å². The summed E-state index contributed by atoms with van der Waals surface area (Å²) < 4.78 is 0. The number of hydrogen-bond donors (Lipinski definition) is 2. The Kier molecular flexibility index (Phi) is 4.15. The Bertz CT molecular complexity index is 417. The van der Waals surface area contributed by atoms with E-state index < -0.39 is 17.9 Å². The Labute approximate surface area is 101 Å². The third-order valence-electron chi connectivity index (χ3n) is 2.03. The third-order valence-corrected chi connectivity index (χ3v) is 2.63. The maximum Gasteiger partial charge on any atom is 0.318 e. The van der Waals surface area contributed by atoms with Gasteiger partial charge in [0, 0.05) is 10.0 Å². The normalized spacial score (nSPS) is 10.4. The molecule has 0 fully saturated rings. The van der Waals surface area contributed by atoms with Crippen molar-refractivity contribution in [3.8, 4) is 0 Å². The van der Waals surface area contributed by atoms with Crippen molar-refractivity contribution in [2.24, 2.45) is 5.92 Å². The van der Waals surface area contributed by atoms with Gasteiger partial charge in [0.15, 0.2) is 5.92 Å². The number of benzene rings is 1. The van der Waals surface area contributed by atoms with Gasteiger partial charge < -0.3 is 10.2 Å². The molecule has 6 heteroatoms. The highest BCUT2D eigenvalue weighted by molar-refractivity contribution is 6.33. The fraction of sp³-hybridized carbons (Fsp3) is 0.200. The minimum atomic E-state index is -1.52. The van der Waals surface area contributed by atoms with Gasteiger partial charge in [0.1, 0.15) is 0 Å². The molecule has 0 aromatic heterocycles. The van der Waals surface area contributed by atoms with Crippen LogP contribution in [0.25, 0.3) is 0 Å². The first-order valence-electron chi connectivity index (χ1n) is 4.31. The van der Waals surface area contributed by atoms with E-state index in [9.17, 15) is 9.59 Å². The first-order chi connectivity index (χ1) is 7.41. The molecule has 0 aliphatic carbocycles. The predicted octanol–water partition coefficient (Wildman–Crippen LogP) is 2.32. The molecule has 1 aromatic rings. The molecule has 0 atom stereocenters. The van der Waals surface area contributed by atoms with Gasteiger partial charge in [-0.15, -0.1) is 0 Å². The van der Waals surface area contributed by atoms with Crippen LogP contribution in [0.2, 0.25) is 10.0 Å². The summed E-state index contributed by atoms with van der Waals surface area (Å²) in [4.78, 5) is 21.4. The molecule has 1 aromatic carbocycles. The monoisotopic (exact) mass is 262 g/mol. The van der Waals surface area contributed by atoms with Crippen molar-refractivity contribution in [3.05, 3.63) is 33.8 Å². The summed E-state index contributed by atoms with van der Waals surface area (Å²) in [7, 11) is 0. The molecule has 0 aliphatic heterocycles. The molecular formula is C10H8Cl2O4. The highest BCUT2D eigenvalue weighted by Crippen LogP contribution is 2.23. The Morgan fingerprint density at radius 3 is 2.25 bits per heavy atom. The van der Waals surface area contributed by atoms with Crippen LogP contribution in [0.1, 0.15) is 5.56 Å². The molecule has 0 unspecified atom stereocenters. The molecule has 86 valence electrons. The Morgan fingerprint density at radius 2 is 1.75 bits per heavy atom. The lowest BCUT2D eigenvalue weighted by Crippen LogP contribution is -2.25. The molecule has 4 nitrogen and oxygen atoms in total. The summed E-state index contributed by atoms with van der Waals surface area (Å²) in [6.45, 7) is 0. The van der Waals surface area contributed by atoms with Crippen molar-refractivity contribution in [3.63, 3.8) is 0 Å². The second-order valence-corrected chi connectivity index (χ2v) is 4.01. The van der Waals surface area contributed by atoms with Gasteiger partial charge >= 0.3 is 11.9 Å². The lowest BCUT2D eigenvalue weighted by atomic mass is 10.00. The molecule has 1 rings (SSSR count). The quantitative estimate of drug-likeness (QED) is 0.817. The number of carboxylic acid groups (broad SMARTS) is 2. The van der Waals surface area contributed by atoms with Crippen molar-refractivity contribution in [2.75, 3.05) is 0 Å². The molecule has 0 aliphatic rings. The fourth-order valence-corrected chi connectivity index (χ4v) is 1.59. The van der Waals surface area contributed by atoms with Crippen molar-refractivity contribution < 1.29 is 19.8 Å². The van der Waals surface area contributed by atoms with E-state index in [-0.39, 0.29) is 6.42 Å². The minimum Gasteiger partial charge on any atom is -0.481 e. The number of carbonyl (C=O) groups is 2. The first kappa shape index (κ1) is 12.8. The Hall–Kier alpha value is -1.26. The summed E-state index contributed by atoms with van der Waals surface area (Å²) in [5.74, 6) is -4.32. The Morgan fingerprint density at radius 1 is 1.19 bits per heavy atom. The van der Waals surface area contributed by atoms with E-state index in [1.54, 1.807) is 6.07 Å². The average molecular weight is 263 g/mol. The first-order valence-corrected chi connectivity index (χ1v) is 5.07. The van der Waals surface area contributed by atoms with Crippen LogP contribution < -0.4 is 0 Å². The van der Waals surface area contributed by atoms with Crippen LogP contribution >= 0.6 is 23.2 Å². The van der Waals surface area contributed by atoms with Crippen LogP contribution in [-0.2, 0) is 16.0 Å². The number of rotatable bonds is 4. The molecule has 0 radical (unpaired) electrons. The number of aliphatic carboxylic acids is 2. The van der Waals surface area contributed by atoms with E-state index in [0.29, 0.717) is 15.6 Å². The van der Waals surface area contributed by atoms with Crippen LogP contribution in [0, 0.1) is 5.92 Å². The van der Waals surface area contributed by atoms with Gasteiger partial charge in [0.25, 0.3) is 0 Å². The van der Waals surface area contributed by atoms with Gasteiger partial charge in [-0.3, -0.25) is 9.59 Å². The summed E-state index contributed by atoms with van der Waals surface area (Å²) >= 11 is 11.5. The number of halogens is 2. The SMILES string of the molecule is O=C(O)C(Cc1cc(Cl)ccc1Cl)C(=O)O. The van der Waals surface area contributed by atoms with E-state index in [0.717, 1.165) is 0 Å². The minimum absolute atomic E-state index is 0.190. The van der Waals surface area contributed by atoms with Gasteiger partial charge in [0.2, 0.25) is 0 Å². The van der Waals surface area contributed by atoms with Crippen molar-refractivity contribution in [1.82, 2.24) is 0 Å². The molecule has 0 saturated heterocycles. The van der Waals surface area contributed by atoms with Gasteiger partial charge in [-0.1, -0.05) is 23.2 Å². The molecule has 0 saturated carbocycles. The van der Waals surface area contributed by atoms with E-state index in [1.165, 1.54) is 12.1 Å². The summed E-state index contributed by atoms with van der Waals surface area (Å²) in [5.41, 5.74) is 0.406. The number of carboxylic acids is 2. The maximum atomic E-state index is 10.7. The average Bonchev–Trinajstić information content (AvgIpc) is 2.18. The summed E-state index contributed by atoms with van der Waals surface area (Å²) in [6, 6.07) is 4.51. The second-order valence-electron chi connectivity index (χ2n) is 3.17. The van der Waals surface area contributed by atoms with Gasteiger partial charge in [-0.25, -0.2) is 0 Å². The topological polar surface area (TPSA) is 74.6 Å². The molecule has 2 N–H and O–H groups in total. The van der Waals surface area contributed by atoms with Crippen molar-refractivity contribution in [2.45, 2.75) is 6.42 Å². The largest absolute Gasteiger partial charge is 0.481 e. The molecule has 16 heavy (non-hydrogen) atoms. The maximum absolute atomic E-state index is 10.7. The zero-order valence-corrected chi connectivity index (χ0v) is 9.50. The molecule has 0 spiro atoms. The molecule has 0 heterocycles. The summed E-state index contributed by atoms with van der Waals surface area (Å²) in [6.07, 6.45) is -0.190. The third kappa shape index (κ3) is 3.12. The number of hydrogen-bond acceptors (Lipinski definition) is 2. The highest BCUT2D eigenvalue weighted by Gasteiger charge is 2.26. The van der Waals surface area contributed by atoms with Gasteiger partial charge in [0.05, 0.1) is 0 Å². The summed E-state index contributed by atoms with van der Waals surface area (Å²) in [5, 5.41) is 18.1. The van der Waals surface area contributed by atoms with Gasteiger partial charge in [-0.05, 0) is 30.2 Å². The van der Waals surface area contributed by atoms with Crippen LogP contribution in [0.5, 0.6) is 0 Å². The fourth-order valence-electron chi connectivity index (χ4n) is 1.20. The van der Waals surface area contributed by atoms with Gasteiger partial charge in [-0.2, -0.15) is 0 Å². The van der Waals surface area contributed by atoms with Crippen LogP contribution in [0.3, 0.4) is 0 Å². The van der Waals surface area contributed by atoms with Crippen LogP contribution in [0.15, 0.2) is 18.2 Å². The zero-order chi connectivity index (χ0) is 12.3. The van der Waals surface area contributed by atoms with E-state index in [2.05, 4.69) is 0 Å². The van der Waals surface area contributed by atoms with E-state index in [4.69, 9.17) is 33.4 Å². The molecule has 0 bridgehead atoms. The smallest absolute Gasteiger partial charge is 0.318 e. The van der Waals surface area contributed by atoms with Crippen LogP contribution in [-0.4, -0.2) is 22.2 Å². The lowest BCUT2D eigenvalue weighted by Gasteiger charge is -2.09. The molecule has 0 amide bonds. The highest BCUT2D eigenvalue weighted by atomic mass is 35.5. The van der Waals surface area contributed by atoms with Crippen molar-refractivity contribution in [1.29, 1.82) is 0 Å². The lowest BCUT2D eigenvalue weighted by molar-refractivity contribution is -0.154. The second kappa shape index (κ2) is 5.18. The standard InChI is InChI=1S/C10H8Cl2O4/c11-6-1-2-8(12)5(3-6)4-7(9(13)14)10(15)16/h1-3,7H,4H2,(H,13,14)(H,15,16). The van der Waals surface area contributed by atoms with E-state index in [1.807, 2.05) is 0 Å². The molecular weight excluding hydrogens is 255 g/mol. The predicted molar refractivity (Wildman–Crippen MR) is 58.9 cm³/mol. The zero-order valence-electron chi connectivity index (χ0n) is 7.98.